The van der Waals surface area contributed by atoms with Crippen molar-refractivity contribution < 1.29 is 9.90 Å². The summed E-state index contributed by atoms with van der Waals surface area (Å²) < 4.78 is 0.971. The summed E-state index contributed by atoms with van der Waals surface area (Å²) in [4.78, 5) is 15.2. The fourth-order valence-electron chi connectivity index (χ4n) is 1.78. The van der Waals surface area contributed by atoms with Gasteiger partial charge in [-0.2, -0.15) is 0 Å². The second-order valence-electron chi connectivity index (χ2n) is 5.61. The van der Waals surface area contributed by atoms with Crippen molar-refractivity contribution in [1.82, 2.24) is 10.3 Å². The minimum absolute atomic E-state index is 0.0708. The molecular weight excluding hydrogens is 320 g/mol. The number of aromatic amines is 1. The number of hydrogen-bond acceptors (Lipinski definition) is 2. The lowest BCUT2D eigenvalue weighted by Gasteiger charge is -2.27. The molecule has 0 radical (unpaired) electrons. The summed E-state index contributed by atoms with van der Waals surface area (Å²) in [5.74, 6) is -0.139. The van der Waals surface area contributed by atoms with E-state index >= 15 is 0 Å². The standard InChI is InChI=1S/C15H19BrN2O2/c1-9(2)15(3,20)8-17-14(19)13-7-10-6-11(16)4-5-12(10)18-13/h4-7,9,18,20H,8H2,1-3H3,(H,17,19). The molecular formula is C15H19BrN2O2. The summed E-state index contributed by atoms with van der Waals surface area (Å²) in [6.45, 7) is 5.79. The highest BCUT2D eigenvalue weighted by molar-refractivity contribution is 9.10. The van der Waals surface area contributed by atoms with Crippen LogP contribution in [0.1, 0.15) is 31.3 Å². The number of amides is 1. The van der Waals surface area contributed by atoms with Crippen LogP contribution in [0.4, 0.5) is 0 Å². The van der Waals surface area contributed by atoms with E-state index in [1.54, 1.807) is 13.0 Å². The van der Waals surface area contributed by atoms with Gasteiger partial charge < -0.3 is 15.4 Å². The molecule has 1 unspecified atom stereocenters. The Morgan fingerprint density at radius 1 is 1.45 bits per heavy atom. The molecule has 4 nitrogen and oxygen atoms in total. The number of nitrogens with one attached hydrogen (secondary N) is 2. The highest BCUT2D eigenvalue weighted by Crippen LogP contribution is 2.20. The average molecular weight is 339 g/mol. The van der Waals surface area contributed by atoms with Crippen LogP contribution in [0.2, 0.25) is 0 Å². The molecule has 0 aliphatic rings. The quantitative estimate of drug-likeness (QED) is 0.802. The molecule has 1 aromatic carbocycles. The topological polar surface area (TPSA) is 65.1 Å². The van der Waals surface area contributed by atoms with Crippen LogP contribution in [0.25, 0.3) is 10.9 Å². The van der Waals surface area contributed by atoms with Gasteiger partial charge in [0.1, 0.15) is 5.69 Å². The van der Waals surface area contributed by atoms with Gasteiger partial charge in [0, 0.05) is 21.9 Å². The van der Waals surface area contributed by atoms with Gasteiger partial charge in [0.15, 0.2) is 0 Å². The van der Waals surface area contributed by atoms with Crippen LogP contribution in [0, 0.1) is 5.92 Å². The number of fused-ring (bicyclic) bond motifs is 1. The van der Waals surface area contributed by atoms with Crippen LogP contribution in [0.5, 0.6) is 0 Å². The van der Waals surface area contributed by atoms with Gasteiger partial charge in [-0.25, -0.2) is 0 Å². The molecule has 0 aliphatic carbocycles. The smallest absolute Gasteiger partial charge is 0.267 e. The number of rotatable bonds is 4. The zero-order chi connectivity index (χ0) is 14.9. The molecule has 2 rings (SSSR count). The zero-order valence-corrected chi connectivity index (χ0v) is 13.4. The Hall–Kier alpha value is -1.33. The Labute approximate surface area is 126 Å². The zero-order valence-electron chi connectivity index (χ0n) is 11.8. The van der Waals surface area contributed by atoms with E-state index in [0.717, 1.165) is 15.4 Å². The Balaban J connectivity index is 2.12. The van der Waals surface area contributed by atoms with Crippen molar-refractivity contribution >= 4 is 32.7 Å². The second kappa shape index (κ2) is 5.58. The Kier molecular flexibility index (Phi) is 4.20. The van der Waals surface area contributed by atoms with Crippen LogP contribution in [-0.2, 0) is 0 Å². The molecule has 0 saturated carbocycles. The summed E-state index contributed by atoms with van der Waals surface area (Å²) in [6.07, 6.45) is 0. The summed E-state index contributed by atoms with van der Waals surface area (Å²) in [6, 6.07) is 7.59. The normalized spacial score (nSPS) is 14.5. The lowest BCUT2D eigenvalue weighted by molar-refractivity contribution is 0.0142. The van der Waals surface area contributed by atoms with Crippen LogP contribution >= 0.6 is 15.9 Å². The molecule has 0 aliphatic heterocycles. The molecule has 2 aromatic rings. The van der Waals surface area contributed by atoms with Gasteiger partial charge in [-0.1, -0.05) is 29.8 Å². The van der Waals surface area contributed by atoms with Crippen LogP contribution < -0.4 is 5.32 Å². The third kappa shape index (κ3) is 3.22. The van der Waals surface area contributed by atoms with Crippen molar-refractivity contribution in [3.05, 3.63) is 34.4 Å². The summed E-state index contributed by atoms with van der Waals surface area (Å²) in [5, 5.41) is 13.9. The number of H-pyrrole nitrogens is 1. The SMILES string of the molecule is CC(C)C(C)(O)CNC(=O)c1cc2cc(Br)ccc2[nH]1. The van der Waals surface area contributed by atoms with Crippen LogP contribution in [-0.4, -0.2) is 28.1 Å². The van der Waals surface area contributed by atoms with Gasteiger partial charge in [-0.3, -0.25) is 4.79 Å². The number of hydrogen-bond donors (Lipinski definition) is 3. The van der Waals surface area contributed by atoms with Crippen LogP contribution in [0.3, 0.4) is 0 Å². The van der Waals surface area contributed by atoms with Gasteiger partial charge in [-0.05, 0) is 37.1 Å². The number of aromatic nitrogens is 1. The summed E-state index contributed by atoms with van der Waals surface area (Å²) in [5.41, 5.74) is 0.497. The minimum Gasteiger partial charge on any atom is -0.388 e. The van der Waals surface area contributed by atoms with Crippen LogP contribution in [0.15, 0.2) is 28.7 Å². The lowest BCUT2D eigenvalue weighted by atomic mass is 9.92. The predicted molar refractivity (Wildman–Crippen MR) is 83.8 cm³/mol. The van der Waals surface area contributed by atoms with E-state index in [9.17, 15) is 9.90 Å². The van der Waals surface area contributed by atoms with Crippen molar-refractivity contribution in [2.24, 2.45) is 5.92 Å². The maximum Gasteiger partial charge on any atom is 0.267 e. The highest BCUT2D eigenvalue weighted by atomic mass is 79.9. The van der Waals surface area contributed by atoms with Crippen molar-refractivity contribution in [2.75, 3.05) is 6.54 Å². The van der Waals surface area contributed by atoms with Crippen molar-refractivity contribution in [3.8, 4) is 0 Å². The molecule has 0 saturated heterocycles. The summed E-state index contributed by atoms with van der Waals surface area (Å²) >= 11 is 3.40. The summed E-state index contributed by atoms with van der Waals surface area (Å²) in [7, 11) is 0. The van der Waals surface area contributed by atoms with E-state index in [4.69, 9.17) is 0 Å². The molecule has 0 spiro atoms. The molecule has 3 N–H and O–H groups in total. The minimum atomic E-state index is -0.912. The van der Waals surface area contributed by atoms with Crippen molar-refractivity contribution in [1.29, 1.82) is 0 Å². The molecule has 20 heavy (non-hydrogen) atoms. The number of carbonyl (C=O) groups is 1. The number of aliphatic hydroxyl groups is 1. The van der Waals surface area contributed by atoms with Crippen molar-refractivity contribution in [3.63, 3.8) is 0 Å². The maximum absolute atomic E-state index is 12.1. The fourth-order valence-corrected chi connectivity index (χ4v) is 2.16. The number of carbonyl (C=O) groups excluding carboxylic acids is 1. The maximum atomic E-state index is 12.1. The first-order valence-corrected chi connectivity index (χ1v) is 7.38. The monoisotopic (exact) mass is 338 g/mol. The molecule has 1 heterocycles. The Morgan fingerprint density at radius 2 is 2.15 bits per heavy atom. The number of benzene rings is 1. The molecule has 5 heteroatoms. The van der Waals surface area contributed by atoms with E-state index in [-0.39, 0.29) is 18.4 Å². The first kappa shape index (κ1) is 15.1. The highest BCUT2D eigenvalue weighted by Gasteiger charge is 2.25. The largest absolute Gasteiger partial charge is 0.388 e. The fraction of sp³-hybridized carbons (Fsp3) is 0.400. The molecule has 1 atom stereocenters. The van der Waals surface area contributed by atoms with Gasteiger partial charge >= 0.3 is 0 Å². The van der Waals surface area contributed by atoms with Gasteiger partial charge in [0.05, 0.1) is 5.60 Å². The first-order chi connectivity index (χ1) is 9.29. The number of halogens is 1. The predicted octanol–water partition coefficient (Wildman–Crippen LogP) is 3.07. The van der Waals surface area contributed by atoms with E-state index in [1.807, 2.05) is 32.0 Å². The van der Waals surface area contributed by atoms with E-state index in [2.05, 4.69) is 26.2 Å². The van der Waals surface area contributed by atoms with Gasteiger partial charge in [-0.15, -0.1) is 0 Å². The lowest BCUT2D eigenvalue weighted by Crippen LogP contribution is -2.44. The van der Waals surface area contributed by atoms with Gasteiger partial charge in [0.2, 0.25) is 0 Å². The molecule has 0 fully saturated rings. The Morgan fingerprint density at radius 3 is 2.80 bits per heavy atom. The first-order valence-electron chi connectivity index (χ1n) is 6.58. The average Bonchev–Trinajstić information content (AvgIpc) is 2.78. The molecule has 1 aromatic heterocycles. The molecule has 1 amide bonds. The molecule has 108 valence electrons. The van der Waals surface area contributed by atoms with E-state index in [1.165, 1.54) is 0 Å². The van der Waals surface area contributed by atoms with E-state index in [0.29, 0.717) is 5.69 Å². The third-order valence-corrected chi connectivity index (χ3v) is 4.17. The van der Waals surface area contributed by atoms with Gasteiger partial charge in [0.25, 0.3) is 5.91 Å². The molecule has 0 bridgehead atoms. The van der Waals surface area contributed by atoms with Crippen molar-refractivity contribution in [2.45, 2.75) is 26.4 Å². The second-order valence-corrected chi connectivity index (χ2v) is 6.52. The Bertz CT molecular complexity index is 632. The third-order valence-electron chi connectivity index (χ3n) is 3.68. The van der Waals surface area contributed by atoms with E-state index < -0.39 is 5.60 Å².